The lowest BCUT2D eigenvalue weighted by atomic mass is 10.2. The number of hydrogen-bond acceptors (Lipinski definition) is 2. The summed E-state index contributed by atoms with van der Waals surface area (Å²) in [6.07, 6.45) is 0. The first-order valence-electron chi connectivity index (χ1n) is 5.25. The van der Waals surface area contributed by atoms with Gasteiger partial charge in [0.1, 0.15) is 0 Å². The van der Waals surface area contributed by atoms with Crippen molar-refractivity contribution in [1.82, 2.24) is 0 Å². The van der Waals surface area contributed by atoms with Crippen LogP contribution in [0.25, 0.3) is 0 Å². The molecule has 0 heterocycles. The van der Waals surface area contributed by atoms with Gasteiger partial charge >= 0.3 is 0 Å². The van der Waals surface area contributed by atoms with E-state index in [0.717, 1.165) is 14.9 Å². The normalized spacial score (nSPS) is 12.3. The number of anilines is 1. The second-order valence-corrected chi connectivity index (χ2v) is 6.47. The lowest BCUT2D eigenvalue weighted by Gasteiger charge is -2.07. The minimum atomic E-state index is -1.13. The maximum atomic E-state index is 12.3. The molecule has 1 unspecified atom stereocenters. The van der Waals surface area contributed by atoms with Crippen molar-refractivity contribution in [3.63, 3.8) is 0 Å². The van der Waals surface area contributed by atoms with Gasteiger partial charge in [0.25, 0.3) is 0 Å². The lowest BCUT2D eigenvalue weighted by molar-refractivity contribution is 0.682. The van der Waals surface area contributed by atoms with Crippen molar-refractivity contribution in [1.29, 1.82) is 0 Å². The molecule has 0 amide bonds. The summed E-state index contributed by atoms with van der Waals surface area (Å²) in [4.78, 5) is 0.770. The molecule has 0 radical (unpaired) electrons. The molecule has 18 heavy (non-hydrogen) atoms. The van der Waals surface area contributed by atoms with Crippen molar-refractivity contribution in [2.24, 2.45) is 0 Å². The molecule has 0 aliphatic rings. The van der Waals surface area contributed by atoms with E-state index < -0.39 is 10.8 Å². The molecule has 0 saturated heterocycles. The molecule has 2 N–H and O–H groups in total. The Morgan fingerprint density at radius 2 is 1.94 bits per heavy atom. The number of hydrogen-bond donors (Lipinski definition) is 1. The third-order valence-electron chi connectivity index (χ3n) is 2.48. The Kier molecular flexibility index (Phi) is 4.43. The molecule has 2 aromatic carbocycles. The predicted octanol–water partition coefficient (Wildman–Crippen LogP) is 3.99. The fourth-order valence-corrected chi connectivity index (χ4v) is 3.77. The first-order chi connectivity index (χ1) is 8.58. The fourth-order valence-electron chi connectivity index (χ4n) is 1.55. The molecule has 0 saturated carbocycles. The number of nitrogens with two attached hydrogens (primary N) is 1. The highest BCUT2D eigenvalue weighted by molar-refractivity contribution is 9.10. The topological polar surface area (TPSA) is 43.1 Å². The van der Waals surface area contributed by atoms with Gasteiger partial charge in [0.05, 0.1) is 21.4 Å². The van der Waals surface area contributed by atoms with E-state index in [1.807, 2.05) is 30.3 Å². The van der Waals surface area contributed by atoms with E-state index in [1.54, 1.807) is 12.1 Å². The summed E-state index contributed by atoms with van der Waals surface area (Å²) in [5.74, 6) is 0.381. The minimum absolute atomic E-state index is 0.381. The second-order valence-electron chi connectivity index (χ2n) is 3.76. The van der Waals surface area contributed by atoms with Gasteiger partial charge in [-0.25, -0.2) is 0 Å². The number of nitrogen functional groups attached to an aromatic ring is 1. The van der Waals surface area contributed by atoms with Crippen LogP contribution in [0.4, 0.5) is 5.69 Å². The van der Waals surface area contributed by atoms with Crippen LogP contribution in [0.5, 0.6) is 0 Å². The third-order valence-corrected chi connectivity index (χ3v) is 5.09. The largest absolute Gasteiger partial charge is 0.398 e. The molecule has 0 aliphatic carbocycles. The summed E-state index contributed by atoms with van der Waals surface area (Å²) in [7, 11) is -1.13. The highest BCUT2D eigenvalue weighted by Gasteiger charge is 2.10. The summed E-state index contributed by atoms with van der Waals surface area (Å²) >= 11 is 9.23. The van der Waals surface area contributed by atoms with Crippen molar-refractivity contribution in [3.8, 4) is 0 Å². The molecule has 2 aromatic rings. The monoisotopic (exact) mass is 343 g/mol. The SMILES string of the molecule is Nc1cc(Cl)ccc1CS(=O)c1ccccc1Br. The Balaban J connectivity index is 2.24. The van der Waals surface area contributed by atoms with Gasteiger partial charge < -0.3 is 5.73 Å². The fraction of sp³-hybridized carbons (Fsp3) is 0.0769. The molecule has 0 spiro atoms. The van der Waals surface area contributed by atoms with E-state index in [9.17, 15) is 4.21 Å². The summed E-state index contributed by atoms with van der Waals surface area (Å²) in [6, 6.07) is 12.7. The molecule has 2 nitrogen and oxygen atoms in total. The van der Waals surface area contributed by atoms with Gasteiger partial charge in [-0.05, 0) is 45.8 Å². The summed E-state index contributed by atoms with van der Waals surface area (Å²) in [5, 5.41) is 0.586. The second kappa shape index (κ2) is 5.87. The Bertz CT molecular complexity index is 603. The zero-order chi connectivity index (χ0) is 13.1. The molecule has 0 aromatic heterocycles. The molecule has 0 bridgehead atoms. The van der Waals surface area contributed by atoms with Crippen LogP contribution in [0, 0.1) is 0 Å². The predicted molar refractivity (Wildman–Crippen MR) is 80.1 cm³/mol. The first kappa shape index (κ1) is 13.6. The Labute approximate surface area is 122 Å². The van der Waals surface area contributed by atoms with Gasteiger partial charge in [0.15, 0.2) is 0 Å². The van der Waals surface area contributed by atoms with Crippen molar-refractivity contribution >= 4 is 44.0 Å². The van der Waals surface area contributed by atoms with Crippen LogP contribution in [0.15, 0.2) is 51.8 Å². The summed E-state index contributed by atoms with van der Waals surface area (Å²) < 4.78 is 13.1. The summed E-state index contributed by atoms with van der Waals surface area (Å²) in [6.45, 7) is 0. The van der Waals surface area contributed by atoms with E-state index in [1.165, 1.54) is 0 Å². The van der Waals surface area contributed by atoms with E-state index in [4.69, 9.17) is 17.3 Å². The van der Waals surface area contributed by atoms with Gasteiger partial charge in [0.2, 0.25) is 0 Å². The van der Waals surface area contributed by atoms with Crippen LogP contribution in [0.3, 0.4) is 0 Å². The van der Waals surface area contributed by atoms with Crippen LogP contribution < -0.4 is 5.73 Å². The number of benzene rings is 2. The van der Waals surface area contributed by atoms with Crippen LogP contribution in [0.2, 0.25) is 5.02 Å². The van der Waals surface area contributed by atoms with E-state index >= 15 is 0 Å². The molecule has 0 fully saturated rings. The maximum Gasteiger partial charge on any atom is 0.0586 e. The summed E-state index contributed by atoms with van der Waals surface area (Å²) in [5.41, 5.74) is 7.27. The van der Waals surface area contributed by atoms with Crippen LogP contribution >= 0.6 is 27.5 Å². The molecule has 1 atom stereocenters. The Morgan fingerprint density at radius 3 is 2.61 bits per heavy atom. The molecule has 2 rings (SSSR count). The van der Waals surface area contributed by atoms with E-state index in [-0.39, 0.29) is 0 Å². The molecule has 5 heteroatoms. The standard InChI is InChI=1S/C13H11BrClNOS/c14-11-3-1-2-4-13(11)18(17)8-9-5-6-10(15)7-12(9)16/h1-7H,8,16H2. The average molecular weight is 345 g/mol. The van der Waals surface area contributed by atoms with E-state index in [2.05, 4.69) is 15.9 Å². The number of halogens is 2. The maximum absolute atomic E-state index is 12.3. The highest BCUT2D eigenvalue weighted by atomic mass is 79.9. The average Bonchev–Trinajstić information content (AvgIpc) is 2.33. The quantitative estimate of drug-likeness (QED) is 0.855. The Morgan fingerprint density at radius 1 is 1.22 bits per heavy atom. The smallest absolute Gasteiger partial charge is 0.0586 e. The van der Waals surface area contributed by atoms with Gasteiger partial charge in [-0.2, -0.15) is 0 Å². The number of rotatable bonds is 3. The molecule has 0 aliphatic heterocycles. The van der Waals surface area contributed by atoms with Gasteiger partial charge in [-0.1, -0.05) is 29.8 Å². The lowest BCUT2D eigenvalue weighted by Crippen LogP contribution is -2.01. The van der Waals surface area contributed by atoms with Crippen LogP contribution in [-0.4, -0.2) is 4.21 Å². The zero-order valence-electron chi connectivity index (χ0n) is 9.40. The molecular formula is C13H11BrClNOS. The van der Waals surface area contributed by atoms with Gasteiger partial charge in [0, 0.05) is 15.2 Å². The molecular weight excluding hydrogens is 334 g/mol. The first-order valence-corrected chi connectivity index (χ1v) is 7.73. The van der Waals surface area contributed by atoms with Crippen molar-refractivity contribution in [3.05, 3.63) is 57.5 Å². The van der Waals surface area contributed by atoms with Crippen LogP contribution in [0.1, 0.15) is 5.56 Å². The van der Waals surface area contributed by atoms with Crippen molar-refractivity contribution in [2.75, 3.05) is 5.73 Å². The van der Waals surface area contributed by atoms with Crippen LogP contribution in [-0.2, 0) is 16.6 Å². The van der Waals surface area contributed by atoms with Gasteiger partial charge in [-0.15, -0.1) is 0 Å². The third kappa shape index (κ3) is 3.13. The highest BCUT2D eigenvalue weighted by Crippen LogP contribution is 2.25. The molecule has 94 valence electrons. The Hall–Kier alpha value is -0.840. The van der Waals surface area contributed by atoms with Crippen molar-refractivity contribution < 1.29 is 4.21 Å². The van der Waals surface area contributed by atoms with Gasteiger partial charge in [-0.3, -0.25) is 4.21 Å². The zero-order valence-corrected chi connectivity index (χ0v) is 12.6. The van der Waals surface area contributed by atoms with E-state index in [0.29, 0.717) is 16.5 Å². The minimum Gasteiger partial charge on any atom is -0.398 e. The van der Waals surface area contributed by atoms with Crippen molar-refractivity contribution in [2.45, 2.75) is 10.6 Å².